The molecule has 2 aromatic rings. The van der Waals surface area contributed by atoms with Gasteiger partial charge in [-0.2, -0.15) is 0 Å². The lowest BCUT2D eigenvalue weighted by molar-refractivity contribution is 0.350. The maximum atomic E-state index is 13.2. The Morgan fingerprint density at radius 1 is 1.25 bits per heavy atom. The molecule has 1 aromatic heterocycles. The van der Waals surface area contributed by atoms with Crippen molar-refractivity contribution in [2.75, 3.05) is 19.5 Å². The average Bonchev–Trinajstić information content (AvgIpc) is 2.43. The van der Waals surface area contributed by atoms with Crippen molar-refractivity contribution in [3.63, 3.8) is 0 Å². The van der Waals surface area contributed by atoms with Gasteiger partial charge in [-0.1, -0.05) is 11.6 Å². The highest BCUT2D eigenvalue weighted by atomic mass is 35.5. The number of aromatic nitrogens is 1. The van der Waals surface area contributed by atoms with Crippen LogP contribution in [0.3, 0.4) is 0 Å². The second kappa shape index (κ2) is 6.43. The highest BCUT2D eigenvalue weighted by molar-refractivity contribution is 6.30. The van der Waals surface area contributed by atoms with Gasteiger partial charge in [-0.05, 0) is 18.2 Å². The molecule has 0 aliphatic carbocycles. The molecule has 1 heterocycles. The lowest BCUT2D eigenvalue weighted by Gasteiger charge is -2.12. The van der Waals surface area contributed by atoms with Gasteiger partial charge in [-0.3, -0.25) is 4.98 Å². The van der Waals surface area contributed by atoms with Gasteiger partial charge in [-0.25, -0.2) is 4.39 Å². The van der Waals surface area contributed by atoms with Crippen molar-refractivity contribution in [2.45, 2.75) is 6.54 Å². The summed E-state index contributed by atoms with van der Waals surface area (Å²) in [7, 11) is 3.10. The number of nitrogens with zero attached hydrogens (tertiary/aromatic N) is 1. The van der Waals surface area contributed by atoms with E-state index in [2.05, 4.69) is 10.3 Å². The minimum Gasteiger partial charge on any atom is -0.493 e. The first-order chi connectivity index (χ1) is 9.63. The van der Waals surface area contributed by atoms with E-state index in [9.17, 15) is 4.39 Å². The van der Waals surface area contributed by atoms with E-state index in [0.717, 1.165) is 0 Å². The van der Waals surface area contributed by atoms with E-state index in [1.165, 1.54) is 12.1 Å². The van der Waals surface area contributed by atoms with Crippen molar-refractivity contribution in [3.05, 3.63) is 47.0 Å². The molecule has 0 saturated carbocycles. The quantitative estimate of drug-likeness (QED) is 0.917. The number of hydrogen-bond acceptors (Lipinski definition) is 4. The summed E-state index contributed by atoms with van der Waals surface area (Å²) in [5.41, 5.74) is 1.23. The van der Waals surface area contributed by atoms with E-state index < -0.39 is 5.82 Å². The van der Waals surface area contributed by atoms with Crippen LogP contribution in [0.15, 0.2) is 30.5 Å². The SMILES string of the molecule is COc1ccnc(CNc2cc(F)cc(Cl)c2)c1OC. The van der Waals surface area contributed by atoms with Gasteiger partial charge in [0.2, 0.25) is 0 Å². The van der Waals surface area contributed by atoms with E-state index in [1.807, 2.05) is 0 Å². The van der Waals surface area contributed by atoms with Crippen molar-refractivity contribution in [1.82, 2.24) is 4.98 Å². The molecule has 4 nitrogen and oxygen atoms in total. The van der Waals surface area contributed by atoms with Crippen LogP contribution in [0.4, 0.5) is 10.1 Å². The maximum Gasteiger partial charge on any atom is 0.184 e. The van der Waals surface area contributed by atoms with E-state index in [0.29, 0.717) is 34.4 Å². The van der Waals surface area contributed by atoms with E-state index in [-0.39, 0.29) is 0 Å². The highest BCUT2D eigenvalue weighted by Gasteiger charge is 2.11. The largest absolute Gasteiger partial charge is 0.493 e. The molecular formula is C14H14ClFN2O2. The van der Waals surface area contributed by atoms with Crippen LogP contribution in [-0.4, -0.2) is 19.2 Å². The summed E-state index contributed by atoms with van der Waals surface area (Å²) in [6.45, 7) is 0.361. The summed E-state index contributed by atoms with van der Waals surface area (Å²) in [4.78, 5) is 4.22. The van der Waals surface area contributed by atoms with Gasteiger partial charge in [-0.15, -0.1) is 0 Å². The first-order valence-electron chi connectivity index (χ1n) is 5.90. The van der Waals surface area contributed by atoms with Gasteiger partial charge in [0.1, 0.15) is 11.5 Å². The Morgan fingerprint density at radius 3 is 2.70 bits per heavy atom. The van der Waals surface area contributed by atoms with Crippen molar-refractivity contribution in [3.8, 4) is 11.5 Å². The highest BCUT2D eigenvalue weighted by Crippen LogP contribution is 2.29. The molecule has 2 rings (SSSR count). The molecule has 0 aliphatic rings. The van der Waals surface area contributed by atoms with Crippen LogP contribution in [0, 0.1) is 5.82 Å². The first kappa shape index (κ1) is 14.4. The Labute approximate surface area is 121 Å². The Hall–Kier alpha value is -2.01. The molecule has 0 bridgehead atoms. The number of hydrogen-bond donors (Lipinski definition) is 1. The molecule has 0 spiro atoms. The number of rotatable bonds is 5. The van der Waals surface area contributed by atoms with Crippen LogP contribution in [0.5, 0.6) is 11.5 Å². The molecular weight excluding hydrogens is 283 g/mol. The van der Waals surface area contributed by atoms with Crippen LogP contribution in [-0.2, 0) is 6.54 Å². The molecule has 0 radical (unpaired) electrons. The van der Waals surface area contributed by atoms with E-state index in [1.54, 1.807) is 32.5 Å². The molecule has 1 N–H and O–H groups in total. The number of anilines is 1. The molecule has 6 heteroatoms. The van der Waals surface area contributed by atoms with Gasteiger partial charge < -0.3 is 14.8 Å². The molecule has 0 aliphatic heterocycles. The van der Waals surface area contributed by atoms with Crippen LogP contribution < -0.4 is 14.8 Å². The van der Waals surface area contributed by atoms with Crippen molar-refractivity contribution < 1.29 is 13.9 Å². The Kier molecular flexibility index (Phi) is 4.63. The summed E-state index contributed by atoms with van der Waals surface area (Å²) < 4.78 is 23.7. The first-order valence-corrected chi connectivity index (χ1v) is 6.27. The lowest BCUT2D eigenvalue weighted by Crippen LogP contribution is -2.05. The molecule has 106 valence electrons. The monoisotopic (exact) mass is 296 g/mol. The minimum atomic E-state index is -0.398. The molecule has 0 amide bonds. The van der Waals surface area contributed by atoms with Crippen molar-refractivity contribution in [1.29, 1.82) is 0 Å². The average molecular weight is 297 g/mol. The van der Waals surface area contributed by atoms with Crippen LogP contribution in [0.1, 0.15) is 5.69 Å². The maximum absolute atomic E-state index is 13.2. The summed E-state index contributed by atoms with van der Waals surface area (Å²) in [5.74, 6) is 0.743. The standard InChI is InChI=1S/C14H14ClFN2O2/c1-19-13-3-4-17-12(14(13)20-2)8-18-11-6-9(15)5-10(16)7-11/h3-7,18H,8H2,1-2H3. The predicted octanol–water partition coefficient (Wildman–Crippen LogP) is 3.50. The van der Waals surface area contributed by atoms with Crippen molar-refractivity contribution in [2.24, 2.45) is 0 Å². The van der Waals surface area contributed by atoms with Crippen molar-refractivity contribution >= 4 is 17.3 Å². The van der Waals surface area contributed by atoms with Gasteiger partial charge >= 0.3 is 0 Å². The zero-order valence-electron chi connectivity index (χ0n) is 11.1. The van der Waals surface area contributed by atoms with Gasteiger partial charge in [0, 0.05) is 23.0 Å². The molecule has 0 fully saturated rings. The predicted molar refractivity (Wildman–Crippen MR) is 76.1 cm³/mol. The fourth-order valence-corrected chi connectivity index (χ4v) is 2.04. The number of halogens is 2. The van der Waals surface area contributed by atoms with E-state index >= 15 is 0 Å². The molecule has 20 heavy (non-hydrogen) atoms. The Bertz CT molecular complexity index is 587. The van der Waals surface area contributed by atoms with Gasteiger partial charge in [0.15, 0.2) is 11.5 Å². The van der Waals surface area contributed by atoms with Crippen LogP contribution in [0.25, 0.3) is 0 Å². The third-order valence-electron chi connectivity index (χ3n) is 2.69. The molecule has 0 unspecified atom stereocenters. The molecule has 1 aromatic carbocycles. The second-order valence-electron chi connectivity index (χ2n) is 4.00. The lowest BCUT2D eigenvalue weighted by atomic mass is 10.2. The summed E-state index contributed by atoms with van der Waals surface area (Å²) in [6, 6.07) is 5.95. The third kappa shape index (κ3) is 3.30. The van der Waals surface area contributed by atoms with Gasteiger partial charge in [0.25, 0.3) is 0 Å². The zero-order valence-corrected chi connectivity index (χ0v) is 11.9. The minimum absolute atomic E-state index is 0.332. The number of benzene rings is 1. The number of nitrogens with one attached hydrogen (secondary N) is 1. The Morgan fingerprint density at radius 2 is 2.05 bits per heavy atom. The smallest absolute Gasteiger partial charge is 0.184 e. The summed E-state index contributed by atoms with van der Waals surface area (Å²) >= 11 is 5.80. The summed E-state index contributed by atoms with van der Waals surface area (Å²) in [5, 5.41) is 3.38. The zero-order chi connectivity index (χ0) is 14.5. The normalized spacial score (nSPS) is 10.2. The fourth-order valence-electron chi connectivity index (χ4n) is 1.82. The molecule has 0 saturated heterocycles. The van der Waals surface area contributed by atoms with Crippen LogP contribution >= 0.6 is 11.6 Å². The Balaban J connectivity index is 2.18. The fraction of sp³-hybridized carbons (Fsp3) is 0.214. The number of ether oxygens (including phenoxy) is 2. The number of pyridine rings is 1. The topological polar surface area (TPSA) is 43.4 Å². The molecule has 0 atom stereocenters. The number of methoxy groups -OCH3 is 2. The summed E-state index contributed by atoms with van der Waals surface area (Å²) in [6.07, 6.45) is 1.62. The van der Waals surface area contributed by atoms with Crippen LogP contribution in [0.2, 0.25) is 5.02 Å². The third-order valence-corrected chi connectivity index (χ3v) is 2.91. The second-order valence-corrected chi connectivity index (χ2v) is 4.44. The van der Waals surface area contributed by atoms with E-state index in [4.69, 9.17) is 21.1 Å². The van der Waals surface area contributed by atoms with Gasteiger partial charge in [0.05, 0.1) is 20.8 Å².